The zero-order valence-electron chi connectivity index (χ0n) is 9.06. The Labute approximate surface area is 107 Å². The molecule has 94 valence electrons. The lowest BCUT2D eigenvalue weighted by molar-refractivity contribution is -0.384. The third-order valence-corrected chi connectivity index (χ3v) is 2.45. The van der Waals surface area contributed by atoms with E-state index in [4.69, 9.17) is 9.84 Å². The number of hydrogen-bond acceptors (Lipinski definition) is 5. The number of halogens is 1. The topological polar surface area (TPSA) is 84.6 Å². The molecule has 2 N–H and O–H groups in total. The molecule has 17 heavy (non-hydrogen) atoms. The number of nitro groups is 1. The van der Waals surface area contributed by atoms with Crippen LogP contribution in [0.1, 0.15) is 0 Å². The summed E-state index contributed by atoms with van der Waals surface area (Å²) in [7, 11) is 0. The van der Waals surface area contributed by atoms with E-state index >= 15 is 0 Å². The van der Waals surface area contributed by atoms with E-state index in [9.17, 15) is 10.1 Å². The highest BCUT2D eigenvalue weighted by atomic mass is 79.9. The van der Waals surface area contributed by atoms with E-state index in [1.807, 2.05) is 0 Å². The lowest BCUT2D eigenvalue weighted by Crippen LogP contribution is -2.12. The van der Waals surface area contributed by atoms with Gasteiger partial charge in [0.2, 0.25) is 0 Å². The molecular formula is C10H13BrN2O4. The molecule has 1 aromatic rings. The second kappa shape index (κ2) is 7.21. The van der Waals surface area contributed by atoms with Gasteiger partial charge >= 0.3 is 0 Å². The van der Waals surface area contributed by atoms with Gasteiger partial charge < -0.3 is 15.2 Å². The Kier molecular flexibility index (Phi) is 5.88. The molecule has 0 aliphatic heterocycles. The summed E-state index contributed by atoms with van der Waals surface area (Å²) >= 11 is 3.25. The Bertz CT molecular complexity index is 387. The van der Waals surface area contributed by atoms with Gasteiger partial charge in [-0.05, 0) is 12.1 Å². The van der Waals surface area contributed by atoms with Crippen molar-refractivity contribution in [3.05, 3.63) is 32.8 Å². The highest BCUT2D eigenvalue weighted by Crippen LogP contribution is 2.27. The molecule has 0 amide bonds. The summed E-state index contributed by atoms with van der Waals surface area (Å²) in [6.07, 6.45) is 0. The van der Waals surface area contributed by atoms with Crippen LogP contribution in [-0.4, -0.2) is 36.4 Å². The monoisotopic (exact) mass is 304 g/mol. The number of benzene rings is 1. The molecule has 0 atom stereocenters. The highest BCUT2D eigenvalue weighted by Gasteiger charge is 2.12. The molecule has 0 aromatic heterocycles. The van der Waals surface area contributed by atoms with Crippen molar-refractivity contribution in [1.29, 1.82) is 0 Å². The van der Waals surface area contributed by atoms with Crippen molar-refractivity contribution in [2.24, 2.45) is 0 Å². The van der Waals surface area contributed by atoms with Crippen LogP contribution in [0, 0.1) is 10.1 Å². The summed E-state index contributed by atoms with van der Waals surface area (Å²) in [4.78, 5) is 10.3. The lowest BCUT2D eigenvalue weighted by Gasteiger charge is -2.07. The zero-order valence-corrected chi connectivity index (χ0v) is 10.6. The molecule has 0 aliphatic rings. The van der Waals surface area contributed by atoms with E-state index < -0.39 is 4.92 Å². The summed E-state index contributed by atoms with van der Waals surface area (Å²) < 4.78 is 5.81. The maximum atomic E-state index is 10.8. The molecule has 0 saturated carbocycles. The predicted molar refractivity (Wildman–Crippen MR) is 67.2 cm³/mol. The summed E-state index contributed by atoms with van der Waals surface area (Å²) in [6, 6.07) is 4.69. The van der Waals surface area contributed by atoms with Gasteiger partial charge in [0.1, 0.15) is 5.69 Å². The van der Waals surface area contributed by atoms with E-state index in [0.717, 1.165) is 4.47 Å². The molecule has 1 aromatic carbocycles. The van der Waals surface area contributed by atoms with Crippen molar-refractivity contribution in [3.8, 4) is 0 Å². The average molecular weight is 305 g/mol. The van der Waals surface area contributed by atoms with Crippen LogP contribution >= 0.6 is 15.9 Å². The number of aliphatic hydroxyl groups excluding tert-OH is 1. The fourth-order valence-electron chi connectivity index (χ4n) is 1.23. The molecule has 7 heteroatoms. The van der Waals surface area contributed by atoms with Gasteiger partial charge in [-0.1, -0.05) is 15.9 Å². The minimum atomic E-state index is -0.441. The summed E-state index contributed by atoms with van der Waals surface area (Å²) in [6.45, 7) is 1.06. The molecular weight excluding hydrogens is 292 g/mol. The molecule has 6 nitrogen and oxygen atoms in total. The Morgan fingerprint density at radius 3 is 2.88 bits per heavy atom. The maximum absolute atomic E-state index is 10.8. The molecule has 0 bridgehead atoms. The van der Waals surface area contributed by atoms with Crippen molar-refractivity contribution in [2.75, 3.05) is 31.7 Å². The Balaban J connectivity index is 2.56. The second-order valence-electron chi connectivity index (χ2n) is 3.18. The molecule has 0 fully saturated rings. The quantitative estimate of drug-likeness (QED) is 0.456. The standard InChI is InChI=1S/C10H13BrN2O4/c11-8-1-2-10(13(15)16)9(7-8)12-3-5-17-6-4-14/h1-2,7,12,14H,3-6H2. The van der Waals surface area contributed by atoms with Crippen molar-refractivity contribution >= 4 is 27.3 Å². The molecule has 0 unspecified atom stereocenters. The number of nitrogens with zero attached hydrogens (tertiary/aromatic N) is 1. The number of anilines is 1. The minimum Gasteiger partial charge on any atom is -0.394 e. The van der Waals surface area contributed by atoms with Gasteiger partial charge in [-0.15, -0.1) is 0 Å². The van der Waals surface area contributed by atoms with Crippen LogP contribution in [0.5, 0.6) is 0 Å². The maximum Gasteiger partial charge on any atom is 0.292 e. The number of rotatable bonds is 7. The SMILES string of the molecule is O=[N+]([O-])c1ccc(Br)cc1NCCOCCO. The minimum absolute atomic E-state index is 0.0235. The number of hydrogen-bond donors (Lipinski definition) is 2. The van der Waals surface area contributed by atoms with Crippen LogP contribution in [0.3, 0.4) is 0 Å². The van der Waals surface area contributed by atoms with Gasteiger partial charge in [0, 0.05) is 17.1 Å². The third-order valence-electron chi connectivity index (χ3n) is 1.95. The molecule has 0 saturated heterocycles. The first-order valence-corrected chi connectivity index (χ1v) is 5.81. The normalized spacial score (nSPS) is 10.2. The van der Waals surface area contributed by atoms with E-state index in [1.54, 1.807) is 12.1 Å². The lowest BCUT2D eigenvalue weighted by atomic mass is 10.2. The number of aliphatic hydroxyl groups is 1. The van der Waals surface area contributed by atoms with Crippen LogP contribution in [-0.2, 0) is 4.74 Å². The molecule has 1 rings (SSSR count). The van der Waals surface area contributed by atoms with Crippen molar-refractivity contribution in [3.63, 3.8) is 0 Å². The molecule has 0 radical (unpaired) electrons. The van der Waals surface area contributed by atoms with Crippen molar-refractivity contribution < 1.29 is 14.8 Å². The Hall–Kier alpha value is -1.18. The third kappa shape index (κ3) is 4.68. The first-order valence-electron chi connectivity index (χ1n) is 5.01. The van der Waals surface area contributed by atoms with E-state index in [-0.39, 0.29) is 18.9 Å². The van der Waals surface area contributed by atoms with Gasteiger partial charge in [-0.2, -0.15) is 0 Å². The summed E-state index contributed by atoms with van der Waals surface area (Å²) in [5.41, 5.74) is 0.465. The number of nitro benzene ring substituents is 1. The first-order chi connectivity index (χ1) is 8.15. The largest absolute Gasteiger partial charge is 0.394 e. The smallest absolute Gasteiger partial charge is 0.292 e. The Morgan fingerprint density at radius 1 is 1.47 bits per heavy atom. The predicted octanol–water partition coefficient (Wildman–Crippen LogP) is 1.78. The van der Waals surface area contributed by atoms with Gasteiger partial charge in [-0.3, -0.25) is 10.1 Å². The van der Waals surface area contributed by atoms with Crippen molar-refractivity contribution in [1.82, 2.24) is 0 Å². The van der Waals surface area contributed by atoms with Crippen LogP contribution in [0.15, 0.2) is 22.7 Å². The average Bonchev–Trinajstić information content (AvgIpc) is 2.28. The van der Waals surface area contributed by atoms with Gasteiger partial charge in [0.25, 0.3) is 5.69 Å². The molecule has 0 spiro atoms. The number of ether oxygens (including phenoxy) is 1. The summed E-state index contributed by atoms with van der Waals surface area (Å²) in [5, 5.41) is 22.2. The molecule has 0 aliphatic carbocycles. The highest BCUT2D eigenvalue weighted by molar-refractivity contribution is 9.10. The second-order valence-corrected chi connectivity index (χ2v) is 4.10. The van der Waals surface area contributed by atoms with Crippen LogP contribution < -0.4 is 5.32 Å². The van der Waals surface area contributed by atoms with Crippen LogP contribution in [0.4, 0.5) is 11.4 Å². The zero-order chi connectivity index (χ0) is 12.7. The number of nitrogens with one attached hydrogen (secondary N) is 1. The summed E-state index contributed by atoms with van der Waals surface area (Å²) in [5.74, 6) is 0. The van der Waals surface area contributed by atoms with E-state index in [1.165, 1.54) is 6.07 Å². The first kappa shape index (κ1) is 13.9. The Morgan fingerprint density at radius 2 is 2.24 bits per heavy atom. The fraction of sp³-hybridized carbons (Fsp3) is 0.400. The van der Waals surface area contributed by atoms with E-state index in [0.29, 0.717) is 18.8 Å². The van der Waals surface area contributed by atoms with Gasteiger partial charge in [0.15, 0.2) is 0 Å². The van der Waals surface area contributed by atoms with Gasteiger partial charge in [-0.25, -0.2) is 0 Å². The molecule has 0 heterocycles. The van der Waals surface area contributed by atoms with Crippen molar-refractivity contribution in [2.45, 2.75) is 0 Å². The van der Waals surface area contributed by atoms with Gasteiger partial charge in [0.05, 0.1) is 24.7 Å². The van der Waals surface area contributed by atoms with Crippen LogP contribution in [0.25, 0.3) is 0 Å². The fourth-order valence-corrected chi connectivity index (χ4v) is 1.59. The van der Waals surface area contributed by atoms with Crippen LogP contribution in [0.2, 0.25) is 0 Å². The van der Waals surface area contributed by atoms with E-state index in [2.05, 4.69) is 21.2 Å².